The van der Waals surface area contributed by atoms with Crippen molar-refractivity contribution in [3.8, 4) is 5.69 Å². The van der Waals surface area contributed by atoms with Crippen molar-refractivity contribution in [2.75, 3.05) is 0 Å². The molecule has 0 bridgehead atoms. The first-order chi connectivity index (χ1) is 9.62. The van der Waals surface area contributed by atoms with Gasteiger partial charge in [-0.25, -0.2) is 4.68 Å². The third kappa shape index (κ3) is 3.10. The zero-order valence-electron chi connectivity index (χ0n) is 12.3. The second kappa shape index (κ2) is 5.41. The highest BCUT2D eigenvalue weighted by Crippen LogP contribution is 2.36. The summed E-state index contributed by atoms with van der Waals surface area (Å²) in [6.07, 6.45) is 7.70. The molecule has 1 N–H and O–H groups in total. The van der Waals surface area contributed by atoms with Crippen LogP contribution in [-0.2, 0) is 6.54 Å². The molecule has 1 heterocycles. The molecule has 0 aliphatic heterocycles. The van der Waals surface area contributed by atoms with Crippen LogP contribution in [0.4, 0.5) is 0 Å². The van der Waals surface area contributed by atoms with Gasteiger partial charge in [-0.15, -0.1) is 0 Å². The first kappa shape index (κ1) is 13.4. The summed E-state index contributed by atoms with van der Waals surface area (Å²) in [6, 6.07) is 11.2. The quantitative estimate of drug-likeness (QED) is 0.920. The van der Waals surface area contributed by atoms with Crippen molar-refractivity contribution < 1.29 is 0 Å². The molecule has 1 atom stereocenters. The van der Waals surface area contributed by atoms with Gasteiger partial charge >= 0.3 is 0 Å². The van der Waals surface area contributed by atoms with Gasteiger partial charge in [-0.3, -0.25) is 0 Å². The van der Waals surface area contributed by atoms with Crippen molar-refractivity contribution >= 4 is 0 Å². The molecule has 2 aromatic rings. The van der Waals surface area contributed by atoms with Crippen LogP contribution in [0, 0.1) is 5.41 Å². The highest BCUT2D eigenvalue weighted by Gasteiger charge is 2.30. The van der Waals surface area contributed by atoms with E-state index in [1.54, 1.807) is 6.20 Å². The zero-order valence-corrected chi connectivity index (χ0v) is 12.3. The Bertz CT molecular complexity index is 540. The van der Waals surface area contributed by atoms with Crippen LogP contribution in [0.25, 0.3) is 5.69 Å². The predicted molar refractivity (Wildman–Crippen MR) is 81.8 cm³/mol. The number of benzene rings is 1. The fourth-order valence-corrected chi connectivity index (χ4v) is 3.06. The summed E-state index contributed by atoms with van der Waals surface area (Å²) >= 11 is 0. The monoisotopic (exact) mass is 269 g/mol. The largest absolute Gasteiger partial charge is 0.310 e. The predicted octanol–water partition coefficient (Wildman–Crippen LogP) is 3.54. The topological polar surface area (TPSA) is 29.9 Å². The number of hydrogen-bond donors (Lipinski definition) is 1. The highest BCUT2D eigenvalue weighted by atomic mass is 15.3. The van der Waals surface area contributed by atoms with E-state index in [2.05, 4.69) is 48.5 Å². The molecule has 1 aliphatic rings. The van der Waals surface area contributed by atoms with Gasteiger partial charge in [0.15, 0.2) is 0 Å². The van der Waals surface area contributed by atoms with E-state index in [0.29, 0.717) is 11.5 Å². The molecule has 0 spiro atoms. The average molecular weight is 269 g/mol. The van der Waals surface area contributed by atoms with Gasteiger partial charge in [0.2, 0.25) is 0 Å². The van der Waals surface area contributed by atoms with Crippen LogP contribution >= 0.6 is 0 Å². The minimum Gasteiger partial charge on any atom is -0.310 e. The first-order valence-corrected chi connectivity index (χ1v) is 7.45. The highest BCUT2D eigenvalue weighted by molar-refractivity contribution is 5.33. The number of aromatic nitrogens is 2. The molecule has 1 aromatic heterocycles. The van der Waals surface area contributed by atoms with Crippen LogP contribution in [0.15, 0.2) is 42.7 Å². The van der Waals surface area contributed by atoms with Crippen LogP contribution in [0.5, 0.6) is 0 Å². The molecule has 1 aromatic carbocycles. The van der Waals surface area contributed by atoms with Crippen LogP contribution in [0.3, 0.4) is 0 Å². The fraction of sp³-hybridized carbons (Fsp3) is 0.471. The minimum absolute atomic E-state index is 0.515. The normalized spacial score (nSPS) is 21.2. The third-order valence-electron chi connectivity index (χ3n) is 4.27. The Hall–Kier alpha value is -1.61. The Morgan fingerprint density at radius 3 is 2.70 bits per heavy atom. The molecule has 20 heavy (non-hydrogen) atoms. The van der Waals surface area contributed by atoms with E-state index < -0.39 is 0 Å². The van der Waals surface area contributed by atoms with Crippen molar-refractivity contribution in [2.24, 2.45) is 5.41 Å². The van der Waals surface area contributed by atoms with Gasteiger partial charge in [0.25, 0.3) is 0 Å². The van der Waals surface area contributed by atoms with E-state index in [0.717, 1.165) is 12.2 Å². The maximum Gasteiger partial charge on any atom is 0.0645 e. The number of nitrogens with zero attached hydrogens (tertiary/aromatic N) is 2. The van der Waals surface area contributed by atoms with Gasteiger partial charge in [-0.2, -0.15) is 5.10 Å². The summed E-state index contributed by atoms with van der Waals surface area (Å²) in [7, 11) is 0. The number of nitrogens with one attached hydrogen (secondary N) is 1. The standard InChI is InChI=1S/C17H23N3/c1-17(2)9-8-15(12-17)18-13-14-4-6-16(7-5-14)20-11-3-10-19-20/h3-7,10-11,15,18H,8-9,12-13H2,1-2H3. The summed E-state index contributed by atoms with van der Waals surface area (Å²) < 4.78 is 1.89. The van der Waals surface area contributed by atoms with Crippen molar-refractivity contribution in [1.82, 2.24) is 15.1 Å². The minimum atomic E-state index is 0.515. The molecule has 1 unspecified atom stereocenters. The summed E-state index contributed by atoms with van der Waals surface area (Å²) in [5.41, 5.74) is 2.97. The first-order valence-electron chi connectivity index (χ1n) is 7.45. The molecule has 1 saturated carbocycles. The van der Waals surface area contributed by atoms with Crippen LogP contribution < -0.4 is 5.32 Å². The van der Waals surface area contributed by atoms with Gasteiger partial charge in [0.05, 0.1) is 5.69 Å². The van der Waals surface area contributed by atoms with Gasteiger partial charge in [0, 0.05) is 25.0 Å². The Morgan fingerprint density at radius 1 is 1.30 bits per heavy atom. The van der Waals surface area contributed by atoms with E-state index in [1.807, 2.05) is 16.9 Å². The summed E-state index contributed by atoms with van der Waals surface area (Å²) in [4.78, 5) is 0. The Kier molecular flexibility index (Phi) is 3.62. The van der Waals surface area contributed by atoms with Crippen molar-refractivity contribution in [1.29, 1.82) is 0 Å². The molecular weight excluding hydrogens is 246 g/mol. The average Bonchev–Trinajstić information content (AvgIpc) is 3.06. The maximum absolute atomic E-state index is 4.24. The fourth-order valence-electron chi connectivity index (χ4n) is 3.06. The lowest BCUT2D eigenvalue weighted by molar-refractivity contribution is 0.364. The number of hydrogen-bond acceptors (Lipinski definition) is 2. The second-order valence-corrected chi connectivity index (χ2v) is 6.60. The summed E-state index contributed by atoms with van der Waals surface area (Å²) in [5.74, 6) is 0. The van der Waals surface area contributed by atoms with Crippen LogP contribution in [0.1, 0.15) is 38.7 Å². The van der Waals surface area contributed by atoms with Gasteiger partial charge in [-0.1, -0.05) is 26.0 Å². The molecule has 1 aliphatic carbocycles. The van der Waals surface area contributed by atoms with E-state index in [-0.39, 0.29) is 0 Å². The van der Waals surface area contributed by atoms with Gasteiger partial charge in [0.1, 0.15) is 0 Å². The molecular formula is C17H23N3. The molecule has 3 heteroatoms. The molecule has 0 amide bonds. The second-order valence-electron chi connectivity index (χ2n) is 6.60. The zero-order chi connectivity index (χ0) is 14.0. The van der Waals surface area contributed by atoms with E-state index in [9.17, 15) is 0 Å². The molecule has 3 nitrogen and oxygen atoms in total. The Morgan fingerprint density at radius 2 is 2.10 bits per heavy atom. The van der Waals surface area contributed by atoms with E-state index >= 15 is 0 Å². The summed E-state index contributed by atoms with van der Waals surface area (Å²) in [5, 5.41) is 7.93. The van der Waals surface area contributed by atoms with Crippen molar-refractivity contribution in [2.45, 2.75) is 45.7 Å². The third-order valence-corrected chi connectivity index (χ3v) is 4.27. The van der Waals surface area contributed by atoms with Gasteiger partial charge < -0.3 is 5.32 Å². The molecule has 0 saturated heterocycles. The van der Waals surface area contributed by atoms with E-state index in [4.69, 9.17) is 0 Å². The molecule has 106 valence electrons. The van der Waals surface area contributed by atoms with Crippen LogP contribution in [-0.4, -0.2) is 15.8 Å². The molecule has 3 rings (SSSR count). The Labute approximate surface area is 121 Å². The van der Waals surface area contributed by atoms with Crippen molar-refractivity contribution in [3.05, 3.63) is 48.3 Å². The molecule has 0 radical (unpaired) electrons. The maximum atomic E-state index is 4.24. The number of rotatable bonds is 4. The van der Waals surface area contributed by atoms with E-state index in [1.165, 1.54) is 24.8 Å². The smallest absolute Gasteiger partial charge is 0.0645 e. The molecule has 1 fully saturated rings. The lowest BCUT2D eigenvalue weighted by Crippen LogP contribution is -2.26. The Balaban J connectivity index is 1.56. The summed E-state index contributed by atoms with van der Waals surface area (Å²) in [6.45, 7) is 5.70. The SMILES string of the molecule is CC1(C)CCC(NCc2ccc(-n3cccn3)cc2)C1. The van der Waals surface area contributed by atoms with Crippen molar-refractivity contribution in [3.63, 3.8) is 0 Å². The van der Waals surface area contributed by atoms with Crippen LogP contribution in [0.2, 0.25) is 0 Å². The lowest BCUT2D eigenvalue weighted by atomic mass is 9.92. The lowest BCUT2D eigenvalue weighted by Gasteiger charge is -2.18. The van der Waals surface area contributed by atoms with Gasteiger partial charge in [-0.05, 0) is 48.4 Å².